The van der Waals surface area contributed by atoms with Gasteiger partial charge in [-0.25, -0.2) is 0 Å². The van der Waals surface area contributed by atoms with Crippen LogP contribution in [0.25, 0.3) is 0 Å². The van der Waals surface area contributed by atoms with Crippen molar-refractivity contribution >= 4 is 23.5 Å². The van der Waals surface area contributed by atoms with Crippen LogP contribution in [0, 0.1) is 0 Å². The zero-order chi connectivity index (χ0) is 19.9. The highest BCUT2D eigenvalue weighted by Crippen LogP contribution is 2.22. The van der Waals surface area contributed by atoms with Gasteiger partial charge in [-0.3, -0.25) is 9.59 Å². The van der Waals surface area contributed by atoms with E-state index in [0.29, 0.717) is 28.7 Å². The molecule has 1 atom stereocenters. The van der Waals surface area contributed by atoms with Crippen molar-refractivity contribution in [2.45, 2.75) is 31.6 Å². The van der Waals surface area contributed by atoms with Crippen molar-refractivity contribution in [2.75, 3.05) is 5.75 Å². The monoisotopic (exact) mass is 394 g/mol. The summed E-state index contributed by atoms with van der Waals surface area (Å²) in [6.07, 6.45) is 0. The van der Waals surface area contributed by atoms with Gasteiger partial charge in [0.05, 0.1) is 11.8 Å². The second-order valence-electron chi connectivity index (χ2n) is 6.22. The third-order valence-corrected chi connectivity index (χ3v) is 5.23. The zero-order valence-corrected chi connectivity index (χ0v) is 16.6. The SMILES string of the molecule is CCn1c(SCC(=O)c2ccccc2)nnc1[C@@H](C)NC(=O)c1ccccc1. The molecule has 0 radical (unpaired) electrons. The molecule has 2 aromatic carbocycles. The standard InChI is InChI=1S/C21H22N4O2S/c1-3-25-19(15(2)22-20(27)17-12-8-5-9-13-17)23-24-21(25)28-14-18(26)16-10-6-4-7-11-16/h4-13,15H,3,14H2,1-2H3,(H,22,27)/t15-/m1/s1. The Labute approximate surface area is 168 Å². The van der Waals surface area contributed by atoms with Crippen LogP contribution in [0.15, 0.2) is 65.8 Å². The molecule has 7 heteroatoms. The Kier molecular flexibility index (Phi) is 6.60. The van der Waals surface area contributed by atoms with Crippen LogP contribution in [0.4, 0.5) is 0 Å². The molecule has 0 saturated heterocycles. The molecule has 0 aliphatic carbocycles. The fourth-order valence-corrected chi connectivity index (χ4v) is 3.70. The van der Waals surface area contributed by atoms with Crippen LogP contribution in [-0.4, -0.2) is 32.2 Å². The van der Waals surface area contributed by atoms with Gasteiger partial charge in [-0.15, -0.1) is 10.2 Å². The molecule has 3 aromatic rings. The fourth-order valence-electron chi connectivity index (χ4n) is 2.80. The molecule has 0 fully saturated rings. The summed E-state index contributed by atoms with van der Waals surface area (Å²) in [5.41, 5.74) is 1.28. The van der Waals surface area contributed by atoms with E-state index in [2.05, 4.69) is 15.5 Å². The normalized spacial score (nSPS) is 11.8. The van der Waals surface area contributed by atoms with E-state index in [0.717, 1.165) is 0 Å². The van der Waals surface area contributed by atoms with Crippen molar-refractivity contribution in [1.29, 1.82) is 0 Å². The number of nitrogens with zero attached hydrogens (tertiary/aromatic N) is 3. The highest BCUT2D eigenvalue weighted by Gasteiger charge is 2.20. The van der Waals surface area contributed by atoms with E-state index in [-0.39, 0.29) is 23.5 Å². The maximum absolute atomic E-state index is 12.4. The minimum Gasteiger partial charge on any atom is -0.342 e. The van der Waals surface area contributed by atoms with E-state index in [1.54, 1.807) is 24.3 Å². The van der Waals surface area contributed by atoms with Gasteiger partial charge >= 0.3 is 0 Å². The lowest BCUT2D eigenvalue weighted by Crippen LogP contribution is -2.28. The number of thioether (sulfide) groups is 1. The molecule has 0 aliphatic rings. The Morgan fingerprint density at radius 2 is 1.61 bits per heavy atom. The van der Waals surface area contributed by atoms with Crippen LogP contribution in [-0.2, 0) is 6.54 Å². The topological polar surface area (TPSA) is 76.9 Å². The molecular weight excluding hydrogens is 372 g/mol. The lowest BCUT2D eigenvalue weighted by molar-refractivity contribution is 0.0936. The smallest absolute Gasteiger partial charge is 0.251 e. The molecule has 0 aliphatic heterocycles. The number of carbonyl (C=O) groups is 2. The molecule has 1 heterocycles. The first-order chi connectivity index (χ1) is 13.6. The number of Topliss-reactive ketones (excluding diaryl/α,β-unsaturated/α-hetero) is 1. The van der Waals surface area contributed by atoms with Crippen molar-refractivity contribution in [3.8, 4) is 0 Å². The minimum atomic E-state index is -0.306. The van der Waals surface area contributed by atoms with E-state index in [4.69, 9.17) is 0 Å². The van der Waals surface area contributed by atoms with Crippen molar-refractivity contribution in [1.82, 2.24) is 20.1 Å². The van der Waals surface area contributed by atoms with Crippen LogP contribution in [0.2, 0.25) is 0 Å². The lowest BCUT2D eigenvalue weighted by Gasteiger charge is -2.15. The average molecular weight is 395 g/mol. The molecule has 0 unspecified atom stereocenters. The van der Waals surface area contributed by atoms with Gasteiger partial charge in [-0.05, 0) is 26.0 Å². The first-order valence-corrected chi connectivity index (χ1v) is 10.1. The molecule has 144 valence electrons. The summed E-state index contributed by atoms with van der Waals surface area (Å²) in [6.45, 7) is 4.51. The third-order valence-electron chi connectivity index (χ3n) is 4.26. The van der Waals surface area contributed by atoms with Gasteiger partial charge in [0.2, 0.25) is 0 Å². The predicted molar refractivity (Wildman–Crippen MR) is 110 cm³/mol. The Morgan fingerprint density at radius 1 is 1.00 bits per heavy atom. The Bertz CT molecular complexity index is 942. The summed E-state index contributed by atoms with van der Waals surface area (Å²) in [5, 5.41) is 12.1. The maximum Gasteiger partial charge on any atom is 0.251 e. The molecule has 1 amide bonds. The van der Waals surface area contributed by atoms with Gasteiger partial charge in [0.1, 0.15) is 0 Å². The Morgan fingerprint density at radius 3 is 2.21 bits per heavy atom. The molecule has 0 spiro atoms. The second kappa shape index (κ2) is 9.32. The molecule has 0 saturated carbocycles. The number of aromatic nitrogens is 3. The summed E-state index contributed by atoms with van der Waals surface area (Å²) in [4.78, 5) is 24.7. The molecule has 6 nitrogen and oxygen atoms in total. The van der Waals surface area contributed by atoms with E-state index >= 15 is 0 Å². The van der Waals surface area contributed by atoms with Gasteiger partial charge in [0.15, 0.2) is 16.8 Å². The maximum atomic E-state index is 12.4. The van der Waals surface area contributed by atoms with Crippen molar-refractivity contribution < 1.29 is 9.59 Å². The van der Waals surface area contributed by atoms with E-state index in [1.807, 2.05) is 54.8 Å². The minimum absolute atomic E-state index is 0.0447. The van der Waals surface area contributed by atoms with Gasteiger partial charge in [0.25, 0.3) is 5.91 Å². The molecule has 28 heavy (non-hydrogen) atoms. The van der Waals surface area contributed by atoms with Crippen molar-refractivity contribution in [3.63, 3.8) is 0 Å². The third kappa shape index (κ3) is 4.67. The van der Waals surface area contributed by atoms with Gasteiger partial charge < -0.3 is 9.88 Å². The van der Waals surface area contributed by atoms with Gasteiger partial charge in [-0.1, -0.05) is 60.3 Å². The first kappa shape index (κ1) is 19.8. The molecule has 0 bridgehead atoms. The number of ketones is 1. The molecule has 1 aromatic heterocycles. The summed E-state index contributed by atoms with van der Waals surface area (Å²) in [5.74, 6) is 0.837. The van der Waals surface area contributed by atoms with Crippen LogP contribution in [0.5, 0.6) is 0 Å². The number of nitrogens with one attached hydrogen (secondary N) is 1. The predicted octanol–water partition coefficient (Wildman–Crippen LogP) is 3.76. The zero-order valence-electron chi connectivity index (χ0n) is 15.8. The summed E-state index contributed by atoms with van der Waals surface area (Å²) in [6, 6.07) is 17.9. The quantitative estimate of drug-likeness (QED) is 0.465. The number of rotatable bonds is 8. The van der Waals surface area contributed by atoms with Crippen LogP contribution in [0.1, 0.15) is 46.4 Å². The molecular formula is C21H22N4O2S. The average Bonchev–Trinajstić information content (AvgIpc) is 3.16. The molecule has 3 rings (SSSR count). The Hall–Kier alpha value is -2.93. The second-order valence-corrected chi connectivity index (χ2v) is 7.17. The molecule has 1 N–H and O–H groups in total. The number of hydrogen-bond donors (Lipinski definition) is 1. The summed E-state index contributed by atoms with van der Waals surface area (Å²) >= 11 is 1.36. The van der Waals surface area contributed by atoms with Gasteiger partial charge in [-0.2, -0.15) is 0 Å². The summed E-state index contributed by atoms with van der Waals surface area (Å²) in [7, 11) is 0. The Balaban J connectivity index is 1.67. The van der Waals surface area contributed by atoms with E-state index in [1.165, 1.54) is 11.8 Å². The highest BCUT2D eigenvalue weighted by atomic mass is 32.2. The van der Waals surface area contributed by atoms with Crippen LogP contribution in [0.3, 0.4) is 0 Å². The largest absolute Gasteiger partial charge is 0.342 e. The fraction of sp³-hybridized carbons (Fsp3) is 0.238. The van der Waals surface area contributed by atoms with Crippen LogP contribution < -0.4 is 5.32 Å². The highest BCUT2D eigenvalue weighted by molar-refractivity contribution is 7.99. The van der Waals surface area contributed by atoms with Crippen molar-refractivity contribution in [3.05, 3.63) is 77.6 Å². The van der Waals surface area contributed by atoms with Gasteiger partial charge in [0, 0.05) is 17.7 Å². The number of benzene rings is 2. The first-order valence-electron chi connectivity index (χ1n) is 9.10. The lowest BCUT2D eigenvalue weighted by atomic mass is 10.2. The van der Waals surface area contributed by atoms with E-state index in [9.17, 15) is 9.59 Å². The van der Waals surface area contributed by atoms with E-state index < -0.39 is 0 Å². The summed E-state index contributed by atoms with van der Waals surface area (Å²) < 4.78 is 1.93. The number of hydrogen-bond acceptors (Lipinski definition) is 5. The number of carbonyl (C=O) groups excluding carboxylic acids is 2. The van der Waals surface area contributed by atoms with Crippen molar-refractivity contribution in [2.24, 2.45) is 0 Å². The van der Waals surface area contributed by atoms with Crippen LogP contribution >= 0.6 is 11.8 Å². The number of amides is 1.